The molecule has 2 atom stereocenters. The molecule has 0 bridgehead atoms. The molecular weight excluding hydrogens is 328 g/mol. The third-order valence-electron chi connectivity index (χ3n) is 4.98. The van der Waals surface area contributed by atoms with Crippen molar-refractivity contribution in [2.45, 2.75) is 18.6 Å². The van der Waals surface area contributed by atoms with Crippen molar-refractivity contribution in [3.8, 4) is 11.8 Å². The minimum atomic E-state index is -0.861. The number of guanidine groups is 1. The Balaban J connectivity index is 1.64. The summed E-state index contributed by atoms with van der Waals surface area (Å²) in [5, 5.41) is 10.6. The quantitative estimate of drug-likeness (QED) is 0.921. The highest BCUT2D eigenvalue weighted by Crippen LogP contribution is 2.48. The molecule has 132 valence electrons. The molecule has 6 heteroatoms. The van der Waals surface area contributed by atoms with E-state index in [1.165, 1.54) is 5.06 Å². The number of fused-ring (bicyclic) bond motifs is 2. The van der Waals surface area contributed by atoms with Crippen LogP contribution in [-0.2, 0) is 17.0 Å². The number of hydroxylamine groups is 2. The first kappa shape index (κ1) is 16.4. The van der Waals surface area contributed by atoms with Crippen LogP contribution in [0.15, 0.2) is 53.5 Å². The van der Waals surface area contributed by atoms with Crippen molar-refractivity contribution in [1.82, 2.24) is 5.06 Å². The Hall–Kier alpha value is -3.04. The van der Waals surface area contributed by atoms with Gasteiger partial charge in [-0.15, -0.1) is 0 Å². The standard InChI is InChI=1S/C20H20N4O2/c1-24-19(22)23-20(26-24)16(13-25-18-8-3-2-7-17(18)20)10-9-14-5-4-6-15(11-14)12-21/h2-8,11,16H,9-10,13H2,1H3,(H2,22,23). The third-order valence-corrected chi connectivity index (χ3v) is 4.98. The van der Waals surface area contributed by atoms with Crippen LogP contribution in [0.5, 0.6) is 5.75 Å². The van der Waals surface area contributed by atoms with Crippen molar-refractivity contribution >= 4 is 5.96 Å². The van der Waals surface area contributed by atoms with Gasteiger partial charge < -0.3 is 10.5 Å². The summed E-state index contributed by atoms with van der Waals surface area (Å²) < 4.78 is 5.97. The maximum absolute atomic E-state index is 9.09. The predicted molar refractivity (Wildman–Crippen MR) is 97.1 cm³/mol. The van der Waals surface area contributed by atoms with E-state index in [2.05, 4.69) is 6.07 Å². The van der Waals surface area contributed by atoms with Crippen LogP contribution < -0.4 is 10.5 Å². The topological polar surface area (TPSA) is 83.9 Å². The second kappa shape index (κ2) is 6.36. The van der Waals surface area contributed by atoms with Crippen molar-refractivity contribution < 1.29 is 9.57 Å². The second-order valence-electron chi connectivity index (χ2n) is 6.61. The molecule has 0 amide bonds. The molecule has 0 aromatic heterocycles. The van der Waals surface area contributed by atoms with Crippen molar-refractivity contribution in [3.05, 3.63) is 65.2 Å². The number of hydrogen-bond acceptors (Lipinski definition) is 6. The smallest absolute Gasteiger partial charge is 0.224 e. The molecule has 2 N–H and O–H groups in total. The largest absolute Gasteiger partial charge is 0.493 e. The van der Waals surface area contributed by atoms with Crippen LogP contribution in [0.2, 0.25) is 0 Å². The minimum absolute atomic E-state index is 0.00615. The summed E-state index contributed by atoms with van der Waals surface area (Å²) in [7, 11) is 1.76. The molecule has 6 nitrogen and oxygen atoms in total. The number of aryl methyl sites for hydroxylation is 1. The first-order valence-electron chi connectivity index (χ1n) is 8.62. The van der Waals surface area contributed by atoms with Gasteiger partial charge in [-0.05, 0) is 36.6 Å². The zero-order valence-electron chi connectivity index (χ0n) is 14.6. The first-order chi connectivity index (χ1) is 12.6. The summed E-state index contributed by atoms with van der Waals surface area (Å²) in [6.07, 6.45) is 1.60. The summed E-state index contributed by atoms with van der Waals surface area (Å²) >= 11 is 0. The molecule has 2 aromatic rings. The van der Waals surface area contributed by atoms with Gasteiger partial charge in [0, 0.05) is 7.05 Å². The van der Waals surface area contributed by atoms with E-state index < -0.39 is 5.72 Å². The summed E-state index contributed by atoms with van der Waals surface area (Å²) in [5.74, 6) is 1.15. The van der Waals surface area contributed by atoms with Gasteiger partial charge in [-0.3, -0.25) is 0 Å². The maximum Gasteiger partial charge on any atom is 0.224 e. The van der Waals surface area contributed by atoms with E-state index in [9.17, 15) is 0 Å². The number of benzene rings is 2. The lowest BCUT2D eigenvalue weighted by Gasteiger charge is -2.39. The lowest BCUT2D eigenvalue weighted by molar-refractivity contribution is -0.209. The van der Waals surface area contributed by atoms with Gasteiger partial charge in [0.25, 0.3) is 0 Å². The van der Waals surface area contributed by atoms with Gasteiger partial charge in [-0.2, -0.15) is 5.26 Å². The van der Waals surface area contributed by atoms with E-state index in [1.807, 2.05) is 48.5 Å². The van der Waals surface area contributed by atoms with E-state index >= 15 is 0 Å². The minimum Gasteiger partial charge on any atom is -0.493 e. The van der Waals surface area contributed by atoms with Crippen LogP contribution in [0.25, 0.3) is 0 Å². The van der Waals surface area contributed by atoms with Crippen LogP contribution >= 0.6 is 0 Å². The van der Waals surface area contributed by atoms with E-state index in [1.54, 1.807) is 7.05 Å². The zero-order valence-corrected chi connectivity index (χ0v) is 14.6. The Bertz CT molecular complexity index is 905. The predicted octanol–water partition coefficient (Wildman–Crippen LogP) is 2.54. The van der Waals surface area contributed by atoms with E-state index in [0.717, 1.165) is 29.7 Å². The Morgan fingerprint density at radius 2 is 2.15 bits per heavy atom. The molecule has 0 radical (unpaired) electrons. The third kappa shape index (κ3) is 2.67. The molecule has 26 heavy (non-hydrogen) atoms. The Kier molecular flexibility index (Phi) is 4.02. The van der Waals surface area contributed by atoms with Gasteiger partial charge in [-0.25, -0.2) is 14.9 Å². The number of para-hydroxylation sites is 1. The fraction of sp³-hybridized carbons (Fsp3) is 0.300. The fourth-order valence-electron chi connectivity index (χ4n) is 3.62. The maximum atomic E-state index is 9.09. The lowest BCUT2D eigenvalue weighted by Crippen LogP contribution is -2.43. The monoisotopic (exact) mass is 348 g/mol. The zero-order chi connectivity index (χ0) is 18.1. The number of ether oxygens (including phenoxy) is 1. The van der Waals surface area contributed by atoms with Crippen LogP contribution in [0.3, 0.4) is 0 Å². The molecule has 0 fully saturated rings. The van der Waals surface area contributed by atoms with Crippen molar-refractivity contribution in [3.63, 3.8) is 0 Å². The number of nitriles is 1. The fourth-order valence-corrected chi connectivity index (χ4v) is 3.62. The Morgan fingerprint density at radius 3 is 2.92 bits per heavy atom. The summed E-state index contributed by atoms with van der Waals surface area (Å²) in [6, 6.07) is 17.7. The van der Waals surface area contributed by atoms with Gasteiger partial charge in [-0.1, -0.05) is 30.3 Å². The Morgan fingerprint density at radius 1 is 1.31 bits per heavy atom. The molecule has 2 aromatic carbocycles. The molecule has 2 aliphatic heterocycles. The highest BCUT2D eigenvalue weighted by Gasteiger charge is 2.51. The molecule has 0 saturated carbocycles. The van der Waals surface area contributed by atoms with Crippen LogP contribution in [0.4, 0.5) is 0 Å². The van der Waals surface area contributed by atoms with Crippen molar-refractivity contribution in [2.75, 3.05) is 13.7 Å². The van der Waals surface area contributed by atoms with Crippen molar-refractivity contribution in [2.24, 2.45) is 16.6 Å². The van der Waals surface area contributed by atoms with Gasteiger partial charge in [0.15, 0.2) is 0 Å². The van der Waals surface area contributed by atoms with Gasteiger partial charge in [0.2, 0.25) is 11.7 Å². The number of aliphatic imine (C=N–C) groups is 1. The average molecular weight is 348 g/mol. The van der Waals surface area contributed by atoms with Gasteiger partial charge >= 0.3 is 0 Å². The lowest BCUT2D eigenvalue weighted by atomic mass is 9.83. The highest BCUT2D eigenvalue weighted by atomic mass is 16.7. The summed E-state index contributed by atoms with van der Waals surface area (Å²) in [5.41, 5.74) is 7.84. The van der Waals surface area contributed by atoms with Gasteiger partial charge in [0.1, 0.15) is 5.75 Å². The molecule has 1 spiro atoms. The molecule has 4 rings (SSSR count). The summed E-state index contributed by atoms with van der Waals surface area (Å²) in [6.45, 7) is 0.500. The van der Waals surface area contributed by atoms with Crippen LogP contribution in [0, 0.1) is 17.2 Å². The van der Waals surface area contributed by atoms with E-state index in [4.69, 9.17) is 25.6 Å². The molecular formula is C20H20N4O2. The van der Waals surface area contributed by atoms with Gasteiger partial charge in [0.05, 0.1) is 29.7 Å². The normalized spacial score (nSPS) is 23.9. The average Bonchev–Trinajstić information content (AvgIpc) is 2.96. The second-order valence-corrected chi connectivity index (χ2v) is 6.61. The summed E-state index contributed by atoms with van der Waals surface area (Å²) in [4.78, 5) is 10.8. The molecule has 0 saturated heterocycles. The number of nitrogens with two attached hydrogens (primary N) is 1. The van der Waals surface area contributed by atoms with Crippen LogP contribution in [-0.4, -0.2) is 24.7 Å². The number of hydrogen-bond donors (Lipinski definition) is 1. The molecule has 2 unspecified atom stereocenters. The van der Waals surface area contributed by atoms with Crippen molar-refractivity contribution in [1.29, 1.82) is 5.26 Å². The highest BCUT2D eigenvalue weighted by molar-refractivity contribution is 5.78. The van der Waals surface area contributed by atoms with Crippen LogP contribution in [0.1, 0.15) is 23.1 Å². The first-order valence-corrected chi connectivity index (χ1v) is 8.62. The molecule has 2 aliphatic rings. The molecule has 0 aliphatic carbocycles. The van der Waals surface area contributed by atoms with E-state index in [0.29, 0.717) is 18.1 Å². The number of nitrogens with zero attached hydrogens (tertiary/aromatic N) is 3. The Labute approximate surface area is 152 Å². The number of rotatable bonds is 3. The van der Waals surface area contributed by atoms with E-state index in [-0.39, 0.29) is 5.92 Å². The molecule has 2 heterocycles. The SMILES string of the molecule is CN1OC2(N=C1N)c1ccccc1OCC2CCc1cccc(C#N)c1.